The molecule has 0 aliphatic rings. The average molecular weight is 399 g/mol. The normalized spacial score (nSPS) is 11.9. The van der Waals surface area contributed by atoms with Crippen LogP contribution < -0.4 is 10.6 Å². The fraction of sp³-hybridized carbons (Fsp3) is 0.263. The lowest BCUT2D eigenvalue weighted by molar-refractivity contribution is -0.119. The van der Waals surface area contributed by atoms with E-state index in [-0.39, 0.29) is 0 Å². The molecule has 2 heterocycles. The molecule has 0 fully saturated rings. The van der Waals surface area contributed by atoms with E-state index >= 15 is 0 Å². The number of nitrogens with one attached hydrogen (secondary N) is 2. The molecule has 8 nitrogen and oxygen atoms in total. The molecule has 0 aliphatic carbocycles. The van der Waals surface area contributed by atoms with Crippen molar-refractivity contribution in [3.63, 3.8) is 0 Å². The number of thioether (sulfide) groups is 1. The summed E-state index contributed by atoms with van der Waals surface area (Å²) in [6, 6.07) is 8.64. The summed E-state index contributed by atoms with van der Waals surface area (Å²) >= 11 is 1.21. The predicted octanol–water partition coefficient (Wildman–Crippen LogP) is 3.52. The summed E-state index contributed by atoms with van der Waals surface area (Å²) in [7, 11) is 1.79. The summed E-state index contributed by atoms with van der Waals surface area (Å²) in [5, 5.41) is 13.2. The maximum Gasteiger partial charge on any atom is 0.325 e. The highest BCUT2D eigenvalue weighted by Gasteiger charge is 2.21. The smallest absolute Gasteiger partial charge is 0.325 e. The first-order valence-electron chi connectivity index (χ1n) is 8.64. The minimum Gasteiger partial charge on any atom is -0.461 e. The Balaban J connectivity index is 1.59. The summed E-state index contributed by atoms with van der Waals surface area (Å²) in [6.45, 7) is 5.57. The monoisotopic (exact) mass is 399 g/mol. The quantitative estimate of drug-likeness (QED) is 0.637. The summed E-state index contributed by atoms with van der Waals surface area (Å²) in [6.07, 6.45) is 1.56. The number of aromatic nitrogens is 3. The topological polar surface area (TPSA) is 102 Å². The second kappa shape index (κ2) is 8.30. The molecule has 3 aromatic rings. The Morgan fingerprint density at radius 1 is 1.21 bits per heavy atom. The minimum atomic E-state index is -0.571. The molecule has 2 aromatic heterocycles. The van der Waals surface area contributed by atoms with Crippen LogP contribution in [-0.4, -0.2) is 32.0 Å². The second-order valence-electron chi connectivity index (χ2n) is 6.36. The number of nitrogens with zero attached hydrogens (tertiary/aromatic N) is 3. The Labute approximate surface area is 166 Å². The number of hydrogen-bond donors (Lipinski definition) is 2. The lowest BCUT2D eigenvalue weighted by Gasteiger charge is -2.13. The van der Waals surface area contributed by atoms with Gasteiger partial charge in [0.15, 0.2) is 16.7 Å². The van der Waals surface area contributed by atoms with Crippen LogP contribution in [0.5, 0.6) is 0 Å². The van der Waals surface area contributed by atoms with E-state index in [1.54, 1.807) is 36.9 Å². The van der Waals surface area contributed by atoms with Crippen LogP contribution in [0.4, 0.5) is 10.5 Å². The summed E-state index contributed by atoms with van der Waals surface area (Å²) in [5.41, 5.74) is 2.68. The zero-order valence-corrected chi connectivity index (χ0v) is 16.8. The first-order chi connectivity index (χ1) is 13.3. The van der Waals surface area contributed by atoms with Crippen LogP contribution in [0, 0.1) is 13.8 Å². The fourth-order valence-electron chi connectivity index (χ4n) is 2.57. The van der Waals surface area contributed by atoms with E-state index in [1.165, 1.54) is 11.8 Å². The molecule has 2 N–H and O–H groups in total. The Morgan fingerprint density at radius 2 is 2.00 bits per heavy atom. The summed E-state index contributed by atoms with van der Waals surface area (Å²) in [5.74, 6) is 0.731. The van der Waals surface area contributed by atoms with Crippen LogP contribution in [-0.2, 0) is 11.8 Å². The summed E-state index contributed by atoms with van der Waals surface area (Å²) < 4.78 is 7.07. The third-order valence-electron chi connectivity index (χ3n) is 4.09. The lowest BCUT2D eigenvalue weighted by atomic mass is 10.1. The zero-order chi connectivity index (χ0) is 20.3. The van der Waals surface area contributed by atoms with Crippen LogP contribution in [0.25, 0.3) is 11.6 Å². The number of furan rings is 1. The first-order valence-corrected chi connectivity index (χ1v) is 9.52. The Kier molecular flexibility index (Phi) is 5.84. The van der Waals surface area contributed by atoms with Gasteiger partial charge in [0, 0.05) is 12.7 Å². The van der Waals surface area contributed by atoms with Gasteiger partial charge in [0.2, 0.25) is 5.91 Å². The van der Waals surface area contributed by atoms with Crippen molar-refractivity contribution < 1.29 is 14.0 Å². The van der Waals surface area contributed by atoms with E-state index in [0.29, 0.717) is 22.4 Å². The van der Waals surface area contributed by atoms with Gasteiger partial charge in [-0.1, -0.05) is 29.5 Å². The summed E-state index contributed by atoms with van der Waals surface area (Å²) in [4.78, 5) is 24.5. The molecule has 1 unspecified atom stereocenters. The van der Waals surface area contributed by atoms with Gasteiger partial charge in [0.25, 0.3) is 0 Å². The zero-order valence-electron chi connectivity index (χ0n) is 16.0. The lowest BCUT2D eigenvalue weighted by Crippen LogP contribution is -2.39. The maximum absolute atomic E-state index is 12.4. The van der Waals surface area contributed by atoms with Crippen LogP contribution >= 0.6 is 11.8 Å². The van der Waals surface area contributed by atoms with Gasteiger partial charge in [-0.3, -0.25) is 10.1 Å². The van der Waals surface area contributed by atoms with Gasteiger partial charge in [-0.25, -0.2) is 4.79 Å². The Hall–Kier alpha value is -3.07. The molecule has 3 rings (SSSR count). The average Bonchev–Trinajstić information content (AvgIpc) is 3.28. The first kappa shape index (κ1) is 19.7. The second-order valence-corrected chi connectivity index (χ2v) is 7.67. The number of rotatable bonds is 5. The maximum atomic E-state index is 12.4. The van der Waals surface area contributed by atoms with Gasteiger partial charge in [0.1, 0.15) is 0 Å². The number of benzene rings is 1. The van der Waals surface area contributed by atoms with Crippen LogP contribution in [0.15, 0.2) is 46.2 Å². The molecule has 28 heavy (non-hydrogen) atoms. The molecule has 0 saturated carbocycles. The fourth-order valence-corrected chi connectivity index (χ4v) is 3.39. The molecule has 1 aromatic carbocycles. The van der Waals surface area contributed by atoms with E-state index < -0.39 is 17.2 Å². The van der Waals surface area contributed by atoms with E-state index in [0.717, 1.165) is 11.1 Å². The number of amides is 3. The third kappa shape index (κ3) is 4.42. The van der Waals surface area contributed by atoms with E-state index in [4.69, 9.17) is 4.42 Å². The van der Waals surface area contributed by atoms with Gasteiger partial charge in [-0.15, -0.1) is 10.2 Å². The largest absolute Gasteiger partial charge is 0.461 e. The van der Waals surface area contributed by atoms with Gasteiger partial charge < -0.3 is 14.3 Å². The predicted molar refractivity (Wildman–Crippen MR) is 107 cm³/mol. The van der Waals surface area contributed by atoms with Crippen molar-refractivity contribution >= 4 is 29.4 Å². The molecule has 0 aliphatic heterocycles. The molecule has 3 amide bonds. The van der Waals surface area contributed by atoms with Gasteiger partial charge in [0.05, 0.1) is 11.5 Å². The minimum absolute atomic E-state index is 0.421. The highest BCUT2D eigenvalue weighted by molar-refractivity contribution is 8.00. The molecule has 0 bridgehead atoms. The van der Waals surface area contributed by atoms with Crippen molar-refractivity contribution in [3.05, 3.63) is 47.7 Å². The van der Waals surface area contributed by atoms with Crippen molar-refractivity contribution in [3.8, 4) is 11.6 Å². The van der Waals surface area contributed by atoms with Crippen molar-refractivity contribution in [2.24, 2.45) is 7.05 Å². The van der Waals surface area contributed by atoms with Gasteiger partial charge in [-0.2, -0.15) is 0 Å². The molecule has 146 valence electrons. The number of imide groups is 1. The van der Waals surface area contributed by atoms with E-state index in [2.05, 4.69) is 20.8 Å². The highest BCUT2D eigenvalue weighted by atomic mass is 32.2. The van der Waals surface area contributed by atoms with E-state index in [1.807, 2.05) is 32.0 Å². The number of hydrogen-bond acceptors (Lipinski definition) is 6. The number of urea groups is 1. The van der Waals surface area contributed by atoms with Crippen molar-refractivity contribution in [2.75, 3.05) is 5.32 Å². The Morgan fingerprint density at radius 3 is 2.68 bits per heavy atom. The van der Waals surface area contributed by atoms with E-state index in [9.17, 15) is 9.59 Å². The van der Waals surface area contributed by atoms with Crippen molar-refractivity contribution in [1.29, 1.82) is 0 Å². The third-order valence-corrected chi connectivity index (χ3v) is 5.23. The molecule has 9 heteroatoms. The molecule has 0 spiro atoms. The number of aryl methyl sites for hydroxylation is 2. The highest BCUT2D eigenvalue weighted by Crippen LogP contribution is 2.25. The molecular formula is C19H21N5O3S. The number of anilines is 1. The van der Waals surface area contributed by atoms with Crippen LogP contribution in [0.2, 0.25) is 0 Å². The Bertz CT molecular complexity index is 997. The molecule has 1 atom stereocenters. The number of carbonyl (C=O) groups excluding carboxylic acids is 2. The van der Waals surface area contributed by atoms with Gasteiger partial charge in [-0.05, 0) is 44.5 Å². The van der Waals surface area contributed by atoms with Crippen molar-refractivity contribution in [2.45, 2.75) is 31.2 Å². The molecule has 0 saturated heterocycles. The van der Waals surface area contributed by atoms with Crippen molar-refractivity contribution in [1.82, 2.24) is 20.1 Å². The number of carbonyl (C=O) groups is 2. The van der Waals surface area contributed by atoms with Crippen LogP contribution in [0.1, 0.15) is 18.1 Å². The standard InChI is InChI=1S/C19H21N5O3S/c1-11-7-8-14(12(2)10-11)20-18(26)21-17(25)13(3)28-19-23-22-16(24(19)4)15-6-5-9-27-15/h5-10,13H,1-4H3,(H2,20,21,25,26). The SMILES string of the molecule is Cc1ccc(NC(=O)NC(=O)C(C)Sc2nnc(-c3ccco3)n2C)c(C)c1. The van der Waals surface area contributed by atoms with Crippen LogP contribution in [0.3, 0.4) is 0 Å². The van der Waals surface area contributed by atoms with Gasteiger partial charge >= 0.3 is 6.03 Å². The molecular weight excluding hydrogens is 378 g/mol. The molecule has 0 radical (unpaired) electrons.